The van der Waals surface area contributed by atoms with E-state index < -0.39 is 0 Å². The lowest BCUT2D eigenvalue weighted by Gasteiger charge is -2.19. The first kappa shape index (κ1) is 18.8. The van der Waals surface area contributed by atoms with Crippen LogP contribution in [0.2, 0.25) is 0 Å². The maximum atomic E-state index is 12.8. The minimum absolute atomic E-state index is 0.151. The first-order chi connectivity index (χ1) is 14.0. The van der Waals surface area contributed by atoms with Gasteiger partial charge in [0.2, 0.25) is 5.13 Å². The van der Waals surface area contributed by atoms with Crippen LogP contribution in [0, 0.1) is 0 Å². The Morgan fingerprint density at radius 2 is 1.66 bits per heavy atom. The van der Waals surface area contributed by atoms with E-state index >= 15 is 0 Å². The van der Waals surface area contributed by atoms with Gasteiger partial charge in [-0.05, 0) is 30.3 Å². The van der Waals surface area contributed by atoms with Gasteiger partial charge in [-0.3, -0.25) is 14.4 Å². The standard InChI is InChI=1S/C22H17N3O3S/c1-3-11-24(12-4-2)19(26)14-9-10-17-18(13-14)29-22(23-17)25-20(27)15-7-5-6-8-16(15)21(25)28/h3-10,13H,1-2,11-12H2. The molecule has 29 heavy (non-hydrogen) atoms. The van der Waals surface area contributed by atoms with Crippen molar-refractivity contribution < 1.29 is 14.4 Å². The molecule has 6 nitrogen and oxygen atoms in total. The fourth-order valence-corrected chi connectivity index (χ4v) is 4.24. The topological polar surface area (TPSA) is 70.6 Å². The van der Waals surface area contributed by atoms with Crippen LogP contribution in [0.5, 0.6) is 0 Å². The molecule has 1 aromatic heterocycles. The molecule has 0 radical (unpaired) electrons. The minimum atomic E-state index is -0.385. The van der Waals surface area contributed by atoms with Crippen LogP contribution in [0.4, 0.5) is 5.13 Å². The van der Waals surface area contributed by atoms with E-state index in [2.05, 4.69) is 18.1 Å². The van der Waals surface area contributed by atoms with Crippen LogP contribution in [-0.2, 0) is 0 Å². The largest absolute Gasteiger partial charge is 0.331 e. The summed E-state index contributed by atoms with van der Waals surface area (Å²) in [5.41, 5.74) is 1.87. The van der Waals surface area contributed by atoms with Crippen LogP contribution < -0.4 is 4.90 Å². The van der Waals surface area contributed by atoms with E-state index in [1.807, 2.05) is 0 Å². The van der Waals surface area contributed by atoms with Gasteiger partial charge in [-0.15, -0.1) is 13.2 Å². The SMILES string of the molecule is C=CCN(CC=C)C(=O)c1ccc2nc(N3C(=O)c4ccccc4C3=O)sc2c1. The number of thiazole rings is 1. The molecule has 0 aliphatic carbocycles. The summed E-state index contributed by atoms with van der Waals surface area (Å²) in [6.45, 7) is 8.18. The number of rotatable bonds is 6. The molecule has 144 valence electrons. The Kier molecular flexibility index (Phi) is 4.82. The van der Waals surface area contributed by atoms with Crippen LogP contribution in [0.25, 0.3) is 10.2 Å². The van der Waals surface area contributed by atoms with E-state index in [9.17, 15) is 14.4 Å². The smallest absolute Gasteiger partial charge is 0.268 e. The van der Waals surface area contributed by atoms with Crippen LogP contribution in [0.15, 0.2) is 67.8 Å². The third kappa shape index (κ3) is 3.15. The van der Waals surface area contributed by atoms with Crippen molar-refractivity contribution in [3.05, 3.63) is 84.5 Å². The van der Waals surface area contributed by atoms with Gasteiger partial charge in [-0.1, -0.05) is 35.6 Å². The van der Waals surface area contributed by atoms with Crippen molar-refractivity contribution in [3.63, 3.8) is 0 Å². The van der Waals surface area contributed by atoms with Crippen molar-refractivity contribution in [2.75, 3.05) is 18.0 Å². The fourth-order valence-electron chi connectivity index (χ4n) is 3.24. The number of carbonyl (C=O) groups is 3. The zero-order chi connectivity index (χ0) is 20.5. The van der Waals surface area contributed by atoms with Gasteiger partial charge in [-0.25, -0.2) is 9.88 Å². The summed E-state index contributed by atoms with van der Waals surface area (Å²) in [6.07, 6.45) is 3.32. The lowest BCUT2D eigenvalue weighted by atomic mass is 10.1. The highest BCUT2D eigenvalue weighted by Gasteiger charge is 2.38. The first-order valence-corrected chi connectivity index (χ1v) is 9.76. The summed E-state index contributed by atoms with van der Waals surface area (Å²) in [7, 11) is 0. The quantitative estimate of drug-likeness (QED) is 0.462. The van der Waals surface area contributed by atoms with Gasteiger partial charge in [0, 0.05) is 18.7 Å². The molecule has 0 unspecified atom stereocenters. The Bertz CT molecular complexity index is 1140. The van der Waals surface area contributed by atoms with E-state index in [4.69, 9.17) is 0 Å². The Morgan fingerprint density at radius 3 is 2.24 bits per heavy atom. The second-order valence-corrected chi connectivity index (χ2v) is 7.47. The van der Waals surface area contributed by atoms with E-state index in [0.29, 0.717) is 40.4 Å². The highest BCUT2D eigenvalue weighted by molar-refractivity contribution is 7.22. The molecule has 0 saturated heterocycles. The summed E-state index contributed by atoms with van der Waals surface area (Å²) in [5.74, 6) is -0.921. The molecule has 2 aromatic carbocycles. The van der Waals surface area contributed by atoms with Crippen LogP contribution in [0.1, 0.15) is 31.1 Å². The highest BCUT2D eigenvalue weighted by atomic mass is 32.1. The Balaban J connectivity index is 1.69. The van der Waals surface area contributed by atoms with E-state index in [-0.39, 0.29) is 17.7 Å². The number of benzene rings is 2. The van der Waals surface area contributed by atoms with Crippen LogP contribution in [-0.4, -0.2) is 40.7 Å². The van der Waals surface area contributed by atoms with Crippen molar-refractivity contribution >= 4 is 44.4 Å². The Morgan fingerprint density at radius 1 is 1.03 bits per heavy atom. The predicted molar refractivity (Wildman–Crippen MR) is 113 cm³/mol. The molecule has 0 fully saturated rings. The summed E-state index contributed by atoms with van der Waals surface area (Å²) < 4.78 is 0.722. The highest BCUT2D eigenvalue weighted by Crippen LogP contribution is 2.34. The molecule has 7 heteroatoms. The lowest BCUT2D eigenvalue weighted by molar-refractivity contribution is 0.0790. The van der Waals surface area contributed by atoms with Gasteiger partial charge in [0.25, 0.3) is 17.7 Å². The van der Waals surface area contributed by atoms with Crippen molar-refractivity contribution in [2.24, 2.45) is 0 Å². The maximum absolute atomic E-state index is 12.8. The number of hydrogen-bond donors (Lipinski definition) is 0. The zero-order valence-corrected chi connectivity index (χ0v) is 16.3. The Hall–Kier alpha value is -3.58. The third-order valence-corrected chi connectivity index (χ3v) is 5.60. The van der Waals surface area contributed by atoms with Crippen molar-refractivity contribution in [2.45, 2.75) is 0 Å². The second-order valence-electron chi connectivity index (χ2n) is 6.46. The number of hydrogen-bond acceptors (Lipinski definition) is 5. The molecular weight excluding hydrogens is 386 g/mol. The summed E-state index contributed by atoms with van der Waals surface area (Å²) >= 11 is 1.20. The number of imide groups is 1. The van der Waals surface area contributed by atoms with Gasteiger partial charge in [0.1, 0.15) is 0 Å². The number of fused-ring (bicyclic) bond motifs is 2. The average Bonchev–Trinajstić information content (AvgIpc) is 3.25. The van der Waals surface area contributed by atoms with Gasteiger partial charge < -0.3 is 4.90 Å². The number of nitrogens with zero attached hydrogens (tertiary/aromatic N) is 3. The molecule has 0 N–H and O–H groups in total. The van der Waals surface area contributed by atoms with Gasteiger partial charge in [0.15, 0.2) is 0 Å². The molecular formula is C22H17N3O3S. The maximum Gasteiger partial charge on any atom is 0.268 e. The summed E-state index contributed by atoms with van der Waals surface area (Å²) in [6, 6.07) is 11.9. The van der Waals surface area contributed by atoms with Gasteiger partial charge >= 0.3 is 0 Å². The summed E-state index contributed by atoms with van der Waals surface area (Å²) in [4.78, 5) is 45.3. The number of amides is 3. The molecule has 0 bridgehead atoms. The monoisotopic (exact) mass is 403 g/mol. The van der Waals surface area contributed by atoms with E-state index in [1.54, 1.807) is 59.5 Å². The molecule has 1 aliphatic rings. The molecule has 0 saturated carbocycles. The predicted octanol–water partition coefficient (Wildman–Crippen LogP) is 3.91. The number of anilines is 1. The number of carbonyl (C=O) groups excluding carboxylic acids is 3. The van der Waals surface area contributed by atoms with Crippen molar-refractivity contribution in [1.29, 1.82) is 0 Å². The van der Waals surface area contributed by atoms with Crippen LogP contribution >= 0.6 is 11.3 Å². The first-order valence-electron chi connectivity index (χ1n) is 8.94. The number of aromatic nitrogens is 1. The summed E-state index contributed by atoms with van der Waals surface area (Å²) in [5, 5.41) is 0.296. The molecule has 1 aliphatic heterocycles. The molecule has 2 heterocycles. The van der Waals surface area contributed by atoms with Gasteiger partial charge in [0.05, 0.1) is 21.3 Å². The average molecular weight is 403 g/mol. The fraction of sp³-hybridized carbons (Fsp3) is 0.0909. The normalized spacial score (nSPS) is 12.9. The molecule has 0 spiro atoms. The van der Waals surface area contributed by atoms with Crippen molar-refractivity contribution in [3.8, 4) is 0 Å². The molecule has 4 rings (SSSR count). The third-order valence-electron chi connectivity index (χ3n) is 4.60. The zero-order valence-electron chi connectivity index (χ0n) is 15.5. The van der Waals surface area contributed by atoms with E-state index in [0.717, 1.165) is 9.60 Å². The minimum Gasteiger partial charge on any atom is -0.331 e. The van der Waals surface area contributed by atoms with Gasteiger partial charge in [-0.2, -0.15) is 0 Å². The van der Waals surface area contributed by atoms with Crippen molar-refractivity contribution in [1.82, 2.24) is 9.88 Å². The van der Waals surface area contributed by atoms with Crippen LogP contribution in [0.3, 0.4) is 0 Å². The second kappa shape index (κ2) is 7.44. The molecule has 3 amide bonds. The lowest BCUT2D eigenvalue weighted by Crippen LogP contribution is -2.31. The van der Waals surface area contributed by atoms with E-state index in [1.165, 1.54) is 11.3 Å². The Labute approximate surface area is 171 Å². The molecule has 3 aromatic rings. The molecule has 0 atom stereocenters.